The maximum absolute atomic E-state index is 12.0. The first kappa shape index (κ1) is 12.9. The van der Waals surface area contributed by atoms with Crippen LogP contribution in [0.4, 0.5) is 5.69 Å². The van der Waals surface area contributed by atoms with Crippen LogP contribution < -0.4 is 15.8 Å². The summed E-state index contributed by atoms with van der Waals surface area (Å²) in [6.45, 7) is 0.415. The van der Waals surface area contributed by atoms with Crippen molar-refractivity contribution in [3.8, 4) is 5.75 Å². The summed E-state index contributed by atoms with van der Waals surface area (Å²) in [7, 11) is 1.55. The van der Waals surface area contributed by atoms with Crippen LogP contribution in [0.15, 0.2) is 42.7 Å². The lowest BCUT2D eigenvalue weighted by Crippen LogP contribution is -2.23. The number of benzene rings is 1. The molecule has 0 radical (unpaired) electrons. The van der Waals surface area contributed by atoms with Crippen molar-refractivity contribution in [2.75, 3.05) is 12.8 Å². The molecule has 0 aliphatic carbocycles. The van der Waals surface area contributed by atoms with Crippen molar-refractivity contribution < 1.29 is 9.53 Å². The molecule has 5 nitrogen and oxygen atoms in total. The number of ether oxygens (including phenoxy) is 1. The lowest BCUT2D eigenvalue weighted by molar-refractivity contribution is 0.0952. The molecule has 3 N–H and O–H groups in total. The van der Waals surface area contributed by atoms with E-state index in [0.717, 1.165) is 5.56 Å². The molecule has 0 aliphatic heterocycles. The summed E-state index contributed by atoms with van der Waals surface area (Å²) in [5, 5.41) is 2.79. The number of anilines is 1. The number of pyridine rings is 1. The minimum absolute atomic E-state index is 0.219. The fraction of sp³-hybridized carbons (Fsp3) is 0.143. The highest BCUT2D eigenvalue weighted by atomic mass is 16.5. The van der Waals surface area contributed by atoms with Crippen molar-refractivity contribution in [2.24, 2.45) is 0 Å². The van der Waals surface area contributed by atoms with E-state index in [-0.39, 0.29) is 5.91 Å². The van der Waals surface area contributed by atoms with Crippen molar-refractivity contribution in [1.29, 1.82) is 0 Å². The van der Waals surface area contributed by atoms with Gasteiger partial charge in [-0.05, 0) is 23.8 Å². The summed E-state index contributed by atoms with van der Waals surface area (Å²) in [5.41, 5.74) is 7.57. The van der Waals surface area contributed by atoms with Gasteiger partial charge in [-0.15, -0.1) is 0 Å². The van der Waals surface area contributed by atoms with E-state index in [1.165, 1.54) is 0 Å². The SMILES string of the molecule is COc1ccc(C(=O)NCc2cccnc2)c(N)c1. The van der Waals surface area contributed by atoms with Gasteiger partial charge in [0.2, 0.25) is 0 Å². The summed E-state index contributed by atoms with van der Waals surface area (Å²) in [4.78, 5) is 16.0. The van der Waals surface area contributed by atoms with Crippen LogP contribution in [0.3, 0.4) is 0 Å². The molecule has 1 aromatic heterocycles. The maximum Gasteiger partial charge on any atom is 0.253 e. The van der Waals surface area contributed by atoms with E-state index in [9.17, 15) is 4.79 Å². The topological polar surface area (TPSA) is 77.2 Å². The van der Waals surface area contributed by atoms with Crippen LogP contribution in [0, 0.1) is 0 Å². The highest BCUT2D eigenvalue weighted by molar-refractivity contribution is 5.99. The van der Waals surface area contributed by atoms with Crippen molar-refractivity contribution in [1.82, 2.24) is 10.3 Å². The maximum atomic E-state index is 12.0. The molecular weight excluding hydrogens is 242 g/mol. The minimum atomic E-state index is -0.219. The quantitative estimate of drug-likeness (QED) is 0.816. The minimum Gasteiger partial charge on any atom is -0.497 e. The van der Waals surface area contributed by atoms with Gasteiger partial charge in [0.15, 0.2) is 0 Å². The molecule has 5 heteroatoms. The highest BCUT2D eigenvalue weighted by Crippen LogP contribution is 2.19. The van der Waals surface area contributed by atoms with Crippen molar-refractivity contribution >= 4 is 11.6 Å². The number of methoxy groups -OCH3 is 1. The number of carbonyl (C=O) groups excluding carboxylic acids is 1. The molecule has 0 fully saturated rings. The summed E-state index contributed by atoms with van der Waals surface area (Å²) in [5.74, 6) is 0.408. The van der Waals surface area contributed by atoms with E-state index < -0.39 is 0 Å². The lowest BCUT2D eigenvalue weighted by atomic mass is 10.1. The molecule has 98 valence electrons. The van der Waals surface area contributed by atoms with Gasteiger partial charge in [-0.3, -0.25) is 9.78 Å². The van der Waals surface area contributed by atoms with E-state index >= 15 is 0 Å². The first-order valence-corrected chi connectivity index (χ1v) is 5.81. The number of nitrogen functional groups attached to an aromatic ring is 1. The molecule has 2 aromatic rings. The number of nitrogens with zero attached hydrogens (tertiary/aromatic N) is 1. The third kappa shape index (κ3) is 3.22. The van der Waals surface area contributed by atoms with Crippen LogP contribution >= 0.6 is 0 Å². The Kier molecular flexibility index (Phi) is 3.97. The van der Waals surface area contributed by atoms with Crippen molar-refractivity contribution in [2.45, 2.75) is 6.54 Å². The molecule has 2 rings (SSSR count). The Labute approximate surface area is 111 Å². The molecule has 1 amide bonds. The van der Waals surface area contributed by atoms with Gasteiger partial charge >= 0.3 is 0 Å². The second kappa shape index (κ2) is 5.86. The monoisotopic (exact) mass is 257 g/mol. The van der Waals surface area contributed by atoms with Gasteiger partial charge in [0.05, 0.1) is 12.7 Å². The van der Waals surface area contributed by atoms with Crippen LogP contribution in [-0.4, -0.2) is 18.0 Å². The van der Waals surface area contributed by atoms with E-state index in [4.69, 9.17) is 10.5 Å². The normalized spacial score (nSPS) is 9.95. The first-order valence-electron chi connectivity index (χ1n) is 5.81. The second-order valence-electron chi connectivity index (χ2n) is 4.00. The van der Waals surface area contributed by atoms with Crippen molar-refractivity contribution in [3.63, 3.8) is 0 Å². The number of hydrogen-bond acceptors (Lipinski definition) is 4. The summed E-state index contributed by atoms with van der Waals surface area (Å²) in [6.07, 6.45) is 3.39. The molecule has 0 spiro atoms. The van der Waals surface area contributed by atoms with E-state index in [1.807, 2.05) is 12.1 Å². The van der Waals surface area contributed by atoms with Crippen LogP contribution in [0.25, 0.3) is 0 Å². The zero-order valence-electron chi connectivity index (χ0n) is 10.6. The molecule has 0 unspecified atom stereocenters. The van der Waals surface area contributed by atoms with Crippen LogP contribution in [0.2, 0.25) is 0 Å². The predicted molar refractivity (Wildman–Crippen MR) is 72.8 cm³/mol. The second-order valence-corrected chi connectivity index (χ2v) is 4.00. The molecule has 0 atom stereocenters. The average Bonchev–Trinajstić information content (AvgIpc) is 2.45. The smallest absolute Gasteiger partial charge is 0.253 e. The highest BCUT2D eigenvalue weighted by Gasteiger charge is 2.10. The van der Waals surface area contributed by atoms with E-state index in [0.29, 0.717) is 23.5 Å². The molecule has 0 aliphatic rings. The molecule has 1 heterocycles. The number of nitrogens with one attached hydrogen (secondary N) is 1. The van der Waals surface area contributed by atoms with Gasteiger partial charge in [-0.25, -0.2) is 0 Å². The van der Waals surface area contributed by atoms with Gasteiger partial charge in [-0.2, -0.15) is 0 Å². The average molecular weight is 257 g/mol. The Bertz CT molecular complexity index is 570. The Balaban J connectivity index is 2.04. The number of amides is 1. The molecular formula is C14H15N3O2. The number of hydrogen-bond donors (Lipinski definition) is 2. The van der Waals surface area contributed by atoms with Gasteiger partial charge < -0.3 is 15.8 Å². The summed E-state index contributed by atoms with van der Waals surface area (Å²) >= 11 is 0. The zero-order chi connectivity index (χ0) is 13.7. The standard InChI is InChI=1S/C14H15N3O2/c1-19-11-4-5-12(13(15)7-11)14(18)17-9-10-3-2-6-16-8-10/h2-8H,9,15H2,1H3,(H,17,18). The number of aromatic nitrogens is 1. The Hall–Kier alpha value is -2.56. The van der Waals surface area contributed by atoms with Gasteiger partial charge in [0, 0.05) is 30.7 Å². The largest absolute Gasteiger partial charge is 0.497 e. The number of carbonyl (C=O) groups is 1. The molecule has 19 heavy (non-hydrogen) atoms. The fourth-order valence-electron chi connectivity index (χ4n) is 1.65. The predicted octanol–water partition coefficient (Wildman–Crippen LogP) is 1.60. The Morgan fingerprint density at radius 3 is 2.89 bits per heavy atom. The third-order valence-electron chi connectivity index (χ3n) is 2.68. The molecule has 0 saturated carbocycles. The fourth-order valence-corrected chi connectivity index (χ4v) is 1.65. The van der Waals surface area contributed by atoms with Gasteiger partial charge in [0.25, 0.3) is 5.91 Å². The summed E-state index contributed by atoms with van der Waals surface area (Å²) in [6, 6.07) is 8.69. The lowest BCUT2D eigenvalue weighted by Gasteiger charge is -2.08. The van der Waals surface area contributed by atoms with Crippen LogP contribution in [0.5, 0.6) is 5.75 Å². The Morgan fingerprint density at radius 2 is 2.26 bits per heavy atom. The molecule has 0 bridgehead atoms. The summed E-state index contributed by atoms with van der Waals surface area (Å²) < 4.78 is 5.04. The van der Waals surface area contributed by atoms with Gasteiger partial charge in [-0.1, -0.05) is 6.07 Å². The van der Waals surface area contributed by atoms with Gasteiger partial charge in [0.1, 0.15) is 5.75 Å². The van der Waals surface area contributed by atoms with Crippen molar-refractivity contribution in [3.05, 3.63) is 53.9 Å². The third-order valence-corrected chi connectivity index (χ3v) is 2.68. The van der Waals surface area contributed by atoms with E-state index in [2.05, 4.69) is 10.3 Å². The van der Waals surface area contributed by atoms with Crippen LogP contribution in [0.1, 0.15) is 15.9 Å². The zero-order valence-corrected chi connectivity index (χ0v) is 10.6. The number of nitrogens with two attached hydrogens (primary N) is 1. The number of rotatable bonds is 4. The molecule has 0 saturated heterocycles. The molecule has 1 aromatic carbocycles. The van der Waals surface area contributed by atoms with E-state index in [1.54, 1.807) is 37.7 Å². The Morgan fingerprint density at radius 1 is 1.42 bits per heavy atom. The van der Waals surface area contributed by atoms with Crippen LogP contribution in [-0.2, 0) is 6.54 Å². The first-order chi connectivity index (χ1) is 9.20.